The Morgan fingerprint density at radius 3 is 2.54 bits per heavy atom. The summed E-state index contributed by atoms with van der Waals surface area (Å²) in [7, 11) is -3.86. The van der Waals surface area contributed by atoms with Crippen molar-refractivity contribution in [1.82, 2.24) is 4.72 Å². The molecule has 3 N–H and O–H groups in total. The van der Waals surface area contributed by atoms with Gasteiger partial charge in [0, 0.05) is 0 Å². The number of hydrogen-bond donors (Lipinski definition) is 3. The summed E-state index contributed by atoms with van der Waals surface area (Å²) in [6.07, 6.45) is 1.16. The van der Waals surface area contributed by atoms with Crippen LogP contribution in [0.3, 0.4) is 0 Å². The van der Waals surface area contributed by atoms with Crippen LogP contribution >= 0.6 is 0 Å². The maximum atomic E-state index is 12.2. The number of nitrogens with zero attached hydrogens (tertiary/aromatic N) is 1. The maximum Gasteiger partial charge on any atom is 0.302 e. The molecule has 0 aromatic heterocycles. The highest BCUT2D eigenvalue weighted by atomic mass is 32.2. The van der Waals surface area contributed by atoms with Crippen LogP contribution in [0.4, 0.5) is 5.69 Å². The number of rotatable bonds is 7. The van der Waals surface area contributed by atoms with Crippen molar-refractivity contribution in [2.45, 2.75) is 31.9 Å². The molecule has 8 heteroatoms. The van der Waals surface area contributed by atoms with E-state index in [1.165, 1.54) is 12.1 Å². The number of benzene rings is 2. The summed E-state index contributed by atoms with van der Waals surface area (Å²) in [5.41, 5.74) is 1.75. The van der Waals surface area contributed by atoms with Gasteiger partial charge < -0.3 is 15.0 Å². The van der Waals surface area contributed by atoms with E-state index in [2.05, 4.69) is 4.72 Å². The van der Waals surface area contributed by atoms with Gasteiger partial charge in [0.15, 0.2) is 0 Å². The van der Waals surface area contributed by atoms with E-state index < -0.39 is 22.4 Å². The second-order valence-electron chi connectivity index (χ2n) is 6.95. The lowest BCUT2D eigenvalue weighted by Crippen LogP contribution is -2.30. The number of carbonyl (C=O) groups is 1. The summed E-state index contributed by atoms with van der Waals surface area (Å²) in [4.78, 5) is 10.9. The Morgan fingerprint density at radius 2 is 1.96 bits per heavy atom. The smallest absolute Gasteiger partial charge is 0.302 e. The summed E-state index contributed by atoms with van der Waals surface area (Å²) < 4.78 is 27.5. The molecule has 0 aliphatic carbocycles. The minimum atomic E-state index is -3.86. The normalized spacial score (nSPS) is 20.6. The Labute approximate surface area is 164 Å². The molecule has 0 amide bonds. The fourth-order valence-corrected chi connectivity index (χ4v) is 4.89. The van der Waals surface area contributed by atoms with E-state index in [9.17, 15) is 23.4 Å². The molecule has 150 valence electrons. The van der Waals surface area contributed by atoms with Crippen LogP contribution in [0, 0.1) is 5.92 Å². The van der Waals surface area contributed by atoms with E-state index in [-0.39, 0.29) is 23.9 Å². The van der Waals surface area contributed by atoms with Crippen molar-refractivity contribution in [1.29, 1.82) is 0 Å². The van der Waals surface area contributed by atoms with Gasteiger partial charge in [-0.15, -0.1) is 0 Å². The standard InChI is InChI=1S/C20H24N2O5S/c1-2-15(20(25)16-6-4-3-5-7-16)10-14-8-9-18(19(24)11-14)22-12-17(13-23)21-28(22,26)27/h3-9,11,13,15,17,20-21,24-25H,2,10,12H2,1H3. The number of aldehydes is 1. The quantitative estimate of drug-likeness (QED) is 0.611. The molecule has 1 saturated heterocycles. The lowest BCUT2D eigenvalue weighted by molar-refractivity contribution is -0.108. The average molecular weight is 404 g/mol. The van der Waals surface area contributed by atoms with Crippen molar-refractivity contribution in [3.63, 3.8) is 0 Å². The predicted octanol–water partition coefficient (Wildman–Crippen LogP) is 1.92. The summed E-state index contributed by atoms with van der Waals surface area (Å²) >= 11 is 0. The maximum absolute atomic E-state index is 12.2. The van der Waals surface area contributed by atoms with Crippen LogP contribution in [0.2, 0.25) is 0 Å². The van der Waals surface area contributed by atoms with Gasteiger partial charge in [-0.3, -0.25) is 4.31 Å². The molecule has 0 bridgehead atoms. The molecular formula is C20H24N2O5S. The van der Waals surface area contributed by atoms with E-state index in [1.54, 1.807) is 6.07 Å². The van der Waals surface area contributed by atoms with Crippen molar-refractivity contribution in [2.24, 2.45) is 5.92 Å². The SMILES string of the molecule is CCC(Cc1ccc(N2CC(C=O)NS2(=O)=O)c(O)c1)C(O)c1ccccc1. The third kappa shape index (κ3) is 4.19. The fraction of sp³-hybridized carbons (Fsp3) is 0.350. The zero-order valence-corrected chi connectivity index (χ0v) is 16.3. The van der Waals surface area contributed by atoms with Crippen LogP contribution in [0.1, 0.15) is 30.6 Å². The van der Waals surface area contributed by atoms with Crippen molar-refractivity contribution < 1.29 is 23.4 Å². The fourth-order valence-electron chi connectivity index (χ4n) is 3.48. The van der Waals surface area contributed by atoms with Crippen LogP contribution in [0.5, 0.6) is 5.75 Å². The summed E-state index contributed by atoms with van der Waals surface area (Å²) in [5, 5.41) is 21.1. The molecule has 1 aliphatic rings. The van der Waals surface area contributed by atoms with E-state index in [0.29, 0.717) is 12.7 Å². The van der Waals surface area contributed by atoms with Gasteiger partial charge in [-0.05, 0) is 35.6 Å². The first kappa shape index (κ1) is 20.3. The number of phenolic OH excluding ortho intramolecular Hbond substituents is 1. The molecule has 2 aromatic rings. The molecule has 0 spiro atoms. The number of phenols is 1. The lowest BCUT2D eigenvalue weighted by Gasteiger charge is -2.23. The summed E-state index contributed by atoms with van der Waals surface area (Å²) in [5.74, 6) is -0.234. The van der Waals surface area contributed by atoms with Gasteiger partial charge in [0.25, 0.3) is 0 Å². The highest BCUT2D eigenvalue weighted by molar-refractivity contribution is 7.91. The molecule has 1 fully saturated rings. The van der Waals surface area contributed by atoms with Gasteiger partial charge in [0.1, 0.15) is 12.0 Å². The number of anilines is 1. The van der Waals surface area contributed by atoms with Crippen LogP contribution < -0.4 is 9.03 Å². The number of hydrogen-bond acceptors (Lipinski definition) is 5. The van der Waals surface area contributed by atoms with Gasteiger partial charge in [0.2, 0.25) is 0 Å². The number of carbonyl (C=O) groups excluding carboxylic acids is 1. The van der Waals surface area contributed by atoms with Crippen molar-refractivity contribution in [3.05, 3.63) is 59.7 Å². The van der Waals surface area contributed by atoms with E-state index >= 15 is 0 Å². The monoisotopic (exact) mass is 404 g/mol. The highest BCUT2D eigenvalue weighted by Crippen LogP contribution is 2.34. The minimum absolute atomic E-state index is 0.0516. The first-order chi connectivity index (χ1) is 13.4. The van der Waals surface area contributed by atoms with E-state index in [0.717, 1.165) is 21.9 Å². The van der Waals surface area contributed by atoms with Crippen molar-refractivity contribution in [2.75, 3.05) is 10.8 Å². The molecule has 3 atom stereocenters. The first-order valence-electron chi connectivity index (χ1n) is 9.16. The highest BCUT2D eigenvalue weighted by Gasteiger charge is 2.36. The topological polar surface area (TPSA) is 107 Å². The van der Waals surface area contributed by atoms with Crippen LogP contribution in [0.25, 0.3) is 0 Å². The van der Waals surface area contributed by atoms with E-state index in [1.807, 2.05) is 37.3 Å². The predicted molar refractivity (Wildman–Crippen MR) is 106 cm³/mol. The Bertz CT molecular complexity index is 933. The number of aliphatic hydroxyl groups is 1. The second kappa shape index (κ2) is 8.30. The Kier molecular flexibility index (Phi) is 6.02. The molecule has 7 nitrogen and oxygen atoms in total. The number of aliphatic hydroxyl groups excluding tert-OH is 1. The second-order valence-corrected chi connectivity index (χ2v) is 8.57. The zero-order valence-electron chi connectivity index (χ0n) is 15.5. The van der Waals surface area contributed by atoms with E-state index in [4.69, 9.17) is 0 Å². The van der Waals surface area contributed by atoms with Gasteiger partial charge in [-0.1, -0.05) is 49.7 Å². The Morgan fingerprint density at radius 1 is 1.25 bits per heavy atom. The minimum Gasteiger partial charge on any atom is -0.506 e. The molecular weight excluding hydrogens is 380 g/mol. The molecule has 0 radical (unpaired) electrons. The molecule has 1 heterocycles. The third-order valence-electron chi connectivity index (χ3n) is 5.04. The molecule has 1 aliphatic heterocycles. The lowest BCUT2D eigenvalue weighted by atomic mass is 9.88. The zero-order chi connectivity index (χ0) is 20.3. The largest absolute Gasteiger partial charge is 0.506 e. The Balaban J connectivity index is 1.79. The number of aromatic hydroxyl groups is 1. The van der Waals surface area contributed by atoms with Crippen molar-refractivity contribution in [3.8, 4) is 5.75 Å². The molecule has 0 saturated carbocycles. The number of nitrogens with one attached hydrogen (secondary N) is 1. The van der Waals surface area contributed by atoms with Crippen LogP contribution in [-0.2, 0) is 21.4 Å². The van der Waals surface area contributed by atoms with Gasteiger partial charge in [0.05, 0.1) is 24.4 Å². The molecule has 3 rings (SSSR count). The molecule has 28 heavy (non-hydrogen) atoms. The molecule has 3 unspecified atom stereocenters. The Hall–Kier alpha value is -2.42. The van der Waals surface area contributed by atoms with Crippen LogP contribution in [0.15, 0.2) is 48.5 Å². The average Bonchev–Trinajstić information content (AvgIpc) is 3.00. The van der Waals surface area contributed by atoms with Gasteiger partial charge >= 0.3 is 10.2 Å². The van der Waals surface area contributed by atoms with Crippen LogP contribution in [-0.4, -0.2) is 37.5 Å². The van der Waals surface area contributed by atoms with Gasteiger partial charge in [-0.2, -0.15) is 13.1 Å². The van der Waals surface area contributed by atoms with Gasteiger partial charge in [-0.25, -0.2) is 0 Å². The summed E-state index contributed by atoms with van der Waals surface area (Å²) in [6.45, 7) is 1.93. The summed E-state index contributed by atoms with van der Waals surface area (Å²) in [6, 6.07) is 13.3. The molecule has 2 aromatic carbocycles. The van der Waals surface area contributed by atoms with Crippen molar-refractivity contribution >= 4 is 22.2 Å². The first-order valence-corrected chi connectivity index (χ1v) is 10.6. The third-order valence-corrected chi connectivity index (χ3v) is 6.56.